The molecule has 0 radical (unpaired) electrons. The van der Waals surface area contributed by atoms with Gasteiger partial charge in [0.25, 0.3) is 0 Å². The lowest BCUT2D eigenvalue weighted by molar-refractivity contribution is -0.119. The van der Waals surface area contributed by atoms with Crippen LogP contribution in [0.4, 0.5) is 0 Å². The maximum atomic E-state index is 10.5. The van der Waals surface area contributed by atoms with Crippen LogP contribution >= 0.6 is 0 Å². The van der Waals surface area contributed by atoms with Gasteiger partial charge in [0.05, 0.1) is 5.92 Å². The van der Waals surface area contributed by atoms with Crippen molar-refractivity contribution in [1.82, 2.24) is 10.1 Å². The largest absolute Gasteiger partial charge is 0.438 e. The highest BCUT2D eigenvalue weighted by atomic mass is 16.5. The minimum absolute atomic E-state index is 0.155. The number of nitrogens with one attached hydrogen (secondary N) is 1. The molecule has 0 aliphatic carbocycles. The highest BCUT2D eigenvalue weighted by Gasteiger charge is 2.15. The van der Waals surface area contributed by atoms with Crippen LogP contribution in [0.1, 0.15) is 18.7 Å². The summed E-state index contributed by atoms with van der Waals surface area (Å²) in [5.74, 6) is -1.72. The van der Waals surface area contributed by atoms with E-state index < -0.39 is 17.6 Å². The number of amides is 1. The summed E-state index contributed by atoms with van der Waals surface area (Å²) in [5.41, 5.74) is 4.93. The van der Waals surface area contributed by atoms with Gasteiger partial charge in [-0.1, -0.05) is 5.16 Å². The number of hydrogen-bond acceptors (Lipinski definition) is 4. The minimum Gasteiger partial charge on any atom is -0.369 e. The van der Waals surface area contributed by atoms with E-state index in [0.29, 0.717) is 0 Å². The van der Waals surface area contributed by atoms with Crippen LogP contribution in [0.5, 0.6) is 0 Å². The lowest BCUT2D eigenvalue weighted by Crippen LogP contribution is -2.20. The molecular weight excluding hydrogens is 150 g/mol. The first-order valence-corrected chi connectivity index (χ1v) is 2.96. The van der Waals surface area contributed by atoms with Crippen molar-refractivity contribution < 1.29 is 9.32 Å². The van der Waals surface area contributed by atoms with E-state index >= 15 is 0 Å². The molecule has 0 spiro atoms. The second kappa shape index (κ2) is 2.57. The molecule has 0 aliphatic heterocycles. The summed E-state index contributed by atoms with van der Waals surface area (Å²) in [6.45, 7) is 1.52. The molecule has 0 bridgehead atoms. The molecule has 60 valence electrons. The van der Waals surface area contributed by atoms with Gasteiger partial charge < -0.3 is 5.73 Å². The normalized spacial score (nSPS) is 12.8. The van der Waals surface area contributed by atoms with E-state index in [1.165, 1.54) is 6.92 Å². The number of carbonyl (C=O) groups is 1. The summed E-state index contributed by atoms with van der Waals surface area (Å²) < 4.78 is 4.17. The number of primary amides is 1. The fraction of sp³-hybridized carbons (Fsp3) is 0.400. The molecule has 1 heterocycles. The number of H-pyrrole nitrogens is 1. The second-order valence-corrected chi connectivity index (χ2v) is 2.10. The Morgan fingerprint density at radius 2 is 2.45 bits per heavy atom. The predicted octanol–water partition coefficient (Wildman–Crippen LogP) is -1.05. The summed E-state index contributed by atoms with van der Waals surface area (Å²) in [7, 11) is 0. The first-order chi connectivity index (χ1) is 5.11. The molecule has 6 nitrogen and oxygen atoms in total. The second-order valence-electron chi connectivity index (χ2n) is 2.10. The maximum absolute atomic E-state index is 10.5. The zero-order valence-corrected chi connectivity index (χ0v) is 5.83. The van der Waals surface area contributed by atoms with E-state index in [2.05, 4.69) is 14.7 Å². The molecule has 1 atom stereocenters. The number of aromatic amines is 1. The van der Waals surface area contributed by atoms with E-state index in [1.807, 2.05) is 0 Å². The summed E-state index contributed by atoms with van der Waals surface area (Å²) in [6, 6.07) is 0. The van der Waals surface area contributed by atoms with Gasteiger partial charge >= 0.3 is 5.76 Å². The van der Waals surface area contributed by atoms with E-state index in [9.17, 15) is 9.59 Å². The number of carbonyl (C=O) groups excluding carboxylic acids is 1. The molecule has 1 unspecified atom stereocenters. The molecule has 3 N–H and O–H groups in total. The molecule has 1 amide bonds. The molecule has 1 aromatic heterocycles. The van der Waals surface area contributed by atoms with Crippen molar-refractivity contribution in [1.29, 1.82) is 0 Å². The monoisotopic (exact) mass is 157 g/mol. The number of aromatic nitrogens is 2. The molecule has 0 aliphatic rings. The average molecular weight is 157 g/mol. The van der Waals surface area contributed by atoms with Crippen molar-refractivity contribution in [2.24, 2.45) is 5.73 Å². The Morgan fingerprint density at radius 1 is 1.82 bits per heavy atom. The van der Waals surface area contributed by atoms with Crippen LogP contribution in [0.15, 0.2) is 9.32 Å². The minimum atomic E-state index is -0.687. The van der Waals surface area contributed by atoms with Gasteiger partial charge in [0.1, 0.15) is 0 Å². The van der Waals surface area contributed by atoms with Crippen LogP contribution in [-0.2, 0) is 4.79 Å². The van der Waals surface area contributed by atoms with Gasteiger partial charge in [0.15, 0.2) is 5.82 Å². The molecule has 0 saturated carbocycles. The fourth-order valence-electron chi connectivity index (χ4n) is 0.563. The number of rotatable bonds is 2. The summed E-state index contributed by atoms with van der Waals surface area (Å²) >= 11 is 0. The van der Waals surface area contributed by atoms with Crippen LogP contribution in [0, 0.1) is 0 Å². The van der Waals surface area contributed by atoms with Crippen molar-refractivity contribution >= 4 is 5.91 Å². The van der Waals surface area contributed by atoms with Crippen LogP contribution in [0.3, 0.4) is 0 Å². The van der Waals surface area contributed by atoms with E-state index in [4.69, 9.17) is 5.73 Å². The van der Waals surface area contributed by atoms with E-state index in [1.54, 1.807) is 0 Å². The SMILES string of the molecule is CC(C(N)=O)c1noc(=O)[nH]1. The van der Waals surface area contributed by atoms with Gasteiger partial charge in [-0.05, 0) is 6.92 Å². The van der Waals surface area contributed by atoms with Crippen molar-refractivity contribution in [2.45, 2.75) is 12.8 Å². The zero-order valence-electron chi connectivity index (χ0n) is 5.83. The Hall–Kier alpha value is -1.59. The third-order valence-electron chi connectivity index (χ3n) is 1.29. The van der Waals surface area contributed by atoms with Gasteiger partial charge in [0.2, 0.25) is 5.91 Å². The molecular formula is C5H7N3O3. The van der Waals surface area contributed by atoms with Crippen LogP contribution in [-0.4, -0.2) is 16.0 Å². The van der Waals surface area contributed by atoms with Gasteiger partial charge in [0, 0.05) is 0 Å². The van der Waals surface area contributed by atoms with Crippen molar-refractivity contribution in [3.05, 3.63) is 16.4 Å². The van der Waals surface area contributed by atoms with Crippen molar-refractivity contribution in [3.8, 4) is 0 Å². The molecule has 0 saturated heterocycles. The molecule has 0 fully saturated rings. The van der Waals surface area contributed by atoms with Crippen LogP contribution < -0.4 is 11.5 Å². The van der Waals surface area contributed by atoms with Gasteiger partial charge in [-0.2, -0.15) is 0 Å². The summed E-state index contributed by atoms with van der Waals surface area (Å²) in [5, 5.41) is 3.29. The highest BCUT2D eigenvalue weighted by Crippen LogP contribution is 2.05. The third-order valence-corrected chi connectivity index (χ3v) is 1.29. The topological polar surface area (TPSA) is 102 Å². The van der Waals surface area contributed by atoms with Gasteiger partial charge in [-0.15, -0.1) is 0 Å². The summed E-state index contributed by atoms with van der Waals surface area (Å²) in [4.78, 5) is 23.1. The van der Waals surface area contributed by atoms with Crippen LogP contribution in [0.25, 0.3) is 0 Å². The Bertz CT molecular complexity index is 313. The number of nitrogens with two attached hydrogens (primary N) is 1. The lowest BCUT2D eigenvalue weighted by atomic mass is 10.1. The Balaban J connectivity index is 2.93. The molecule has 0 aromatic carbocycles. The molecule has 6 heteroatoms. The lowest BCUT2D eigenvalue weighted by Gasteiger charge is -1.98. The molecule has 1 rings (SSSR count). The van der Waals surface area contributed by atoms with Crippen molar-refractivity contribution in [3.63, 3.8) is 0 Å². The van der Waals surface area contributed by atoms with Crippen LogP contribution in [0.2, 0.25) is 0 Å². The quantitative estimate of drug-likeness (QED) is 0.571. The fourth-order valence-corrected chi connectivity index (χ4v) is 0.563. The van der Waals surface area contributed by atoms with Crippen molar-refractivity contribution in [2.75, 3.05) is 0 Å². The first-order valence-electron chi connectivity index (χ1n) is 2.96. The average Bonchev–Trinajstić information content (AvgIpc) is 2.34. The zero-order chi connectivity index (χ0) is 8.43. The number of hydrogen-bond donors (Lipinski definition) is 2. The maximum Gasteiger partial charge on any atom is 0.438 e. The smallest absolute Gasteiger partial charge is 0.369 e. The third kappa shape index (κ3) is 1.46. The van der Waals surface area contributed by atoms with Gasteiger partial charge in [-0.25, -0.2) is 4.79 Å². The standard InChI is InChI=1S/C5H7N3O3/c1-2(3(6)9)4-7-5(10)11-8-4/h2H,1H3,(H2,6,9)(H,7,8,10). The Morgan fingerprint density at radius 3 is 2.82 bits per heavy atom. The number of nitrogens with zero attached hydrogens (tertiary/aromatic N) is 1. The summed E-state index contributed by atoms with van der Waals surface area (Å²) in [6.07, 6.45) is 0. The van der Waals surface area contributed by atoms with E-state index in [-0.39, 0.29) is 5.82 Å². The predicted molar refractivity (Wildman–Crippen MR) is 34.7 cm³/mol. The Kier molecular flexibility index (Phi) is 1.75. The molecule has 11 heavy (non-hydrogen) atoms. The highest BCUT2D eigenvalue weighted by molar-refractivity contribution is 5.80. The van der Waals surface area contributed by atoms with E-state index in [0.717, 1.165) is 0 Å². The molecule has 1 aromatic rings. The Labute approximate surface area is 61.4 Å². The first kappa shape index (κ1) is 7.52. The van der Waals surface area contributed by atoms with Gasteiger partial charge in [-0.3, -0.25) is 14.3 Å².